The van der Waals surface area contributed by atoms with Gasteiger partial charge in [-0.05, 0) is 63.8 Å². The summed E-state index contributed by atoms with van der Waals surface area (Å²) in [6, 6.07) is 7.64. The molecule has 8 heteroatoms. The normalized spacial score (nSPS) is 16.8. The fourth-order valence-corrected chi connectivity index (χ4v) is 5.23. The van der Waals surface area contributed by atoms with Crippen LogP contribution in [-0.4, -0.2) is 23.2 Å². The fourth-order valence-electron chi connectivity index (χ4n) is 3.87. The van der Waals surface area contributed by atoms with Crippen LogP contribution in [-0.2, 0) is 4.74 Å². The summed E-state index contributed by atoms with van der Waals surface area (Å²) in [5.74, 6) is -0.00620. The maximum atomic E-state index is 13.4. The maximum absolute atomic E-state index is 13.4. The second kappa shape index (κ2) is 9.21. The van der Waals surface area contributed by atoms with Crippen molar-refractivity contribution in [1.82, 2.24) is 4.57 Å². The molecule has 0 spiro atoms. The van der Waals surface area contributed by atoms with E-state index < -0.39 is 5.97 Å². The molecule has 2 aliphatic rings. The number of ether oxygens (including phenoxy) is 2. The predicted octanol–water partition coefficient (Wildman–Crippen LogP) is 5.92. The van der Waals surface area contributed by atoms with Gasteiger partial charge in [-0.2, -0.15) is 5.26 Å². The van der Waals surface area contributed by atoms with E-state index in [-0.39, 0.29) is 28.5 Å². The highest BCUT2D eigenvalue weighted by atomic mass is 35.5. The van der Waals surface area contributed by atoms with Crippen LogP contribution >= 0.6 is 23.4 Å². The highest BCUT2D eigenvalue weighted by molar-refractivity contribution is 7.99. The SMILES string of the molecule is CC(C)OC(=O)c1cc2c(n(C3CC3)c1=O)-c1cc(Cl)c(OCCCC#N)cc1SC2C. The molecular formula is C24H25ClN2O4S. The van der Waals surface area contributed by atoms with Crippen LogP contribution in [0.2, 0.25) is 5.02 Å². The topological polar surface area (TPSA) is 81.3 Å². The maximum Gasteiger partial charge on any atom is 0.344 e. The molecule has 0 amide bonds. The summed E-state index contributed by atoms with van der Waals surface area (Å²) < 4.78 is 12.9. The number of fused-ring (bicyclic) bond motifs is 3. The number of nitriles is 1. The van der Waals surface area contributed by atoms with Gasteiger partial charge in [0.05, 0.1) is 29.5 Å². The van der Waals surface area contributed by atoms with E-state index in [2.05, 4.69) is 13.0 Å². The molecule has 0 radical (unpaired) electrons. The standard InChI is InChI=1S/C24H25ClN2O4S/c1-13(2)31-24(29)18-10-16-14(3)32-21-12-20(30-9-5-4-8-26)19(25)11-17(21)22(16)27(23(18)28)15-6-7-15/h10-15H,4-7,9H2,1-3H3. The number of aromatic nitrogens is 1. The largest absolute Gasteiger partial charge is 0.492 e. The van der Waals surface area contributed by atoms with Gasteiger partial charge in [0.1, 0.15) is 11.3 Å². The first kappa shape index (κ1) is 22.8. The monoisotopic (exact) mass is 472 g/mol. The second-order valence-corrected chi connectivity index (χ2v) is 10.2. The van der Waals surface area contributed by atoms with Crippen LogP contribution in [0.1, 0.15) is 73.7 Å². The molecule has 1 atom stereocenters. The number of rotatable bonds is 7. The van der Waals surface area contributed by atoms with Gasteiger partial charge in [-0.25, -0.2) is 4.79 Å². The van der Waals surface area contributed by atoms with Crippen molar-refractivity contribution >= 4 is 29.3 Å². The third kappa shape index (κ3) is 4.39. The van der Waals surface area contributed by atoms with Crippen molar-refractivity contribution in [2.75, 3.05) is 6.61 Å². The number of carbonyl (C=O) groups excluding carboxylic acids is 1. The predicted molar refractivity (Wildman–Crippen MR) is 125 cm³/mol. The molecule has 1 unspecified atom stereocenters. The number of thioether (sulfide) groups is 1. The van der Waals surface area contributed by atoms with Crippen molar-refractivity contribution < 1.29 is 14.3 Å². The van der Waals surface area contributed by atoms with Crippen molar-refractivity contribution in [2.24, 2.45) is 0 Å². The van der Waals surface area contributed by atoms with Crippen LogP contribution < -0.4 is 10.3 Å². The number of hydrogen-bond donors (Lipinski definition) is 0. The Balaban J connectivity index is 1.81. The molecule has 0 saturated heterocycles. The van der Waals surface area contributed by atoms with Gasteiger partial charge in [0.25, 0.3) is 5.56 Å². The van der Waals surface area contributed by atoms with E-state index in [9.17, 15) is 9.59 Å². The number of unbranched alkanes of at least 4 members (excludes halogenated alkanes) is 1. The Bertz CT molecular complexity index is 1160. The van der Waals surface area contributed by atoms with Gasteiger partial charge in [0, 0.05) is 28.2 Å². The van der Waals surface area contributed by atoms with Gasteiger partial charge in [0.2, 0.25) is 0 Å². The molecular weight excluding hydrogens is 448 g/mol. The third-order valence-electron chi connectivity index (χ3n) is 5.46. The molecule has 1 aliphatic carbocycles. The number of hydrogen-bond acceptors (Lipinski definition) is 6. The zero-order chi connectivity index (χ0) is 23.0. The van der Waals surface area contributed by atoms with Gasteiger partial charge in [-0.1, -0.05) is 11.6 Å². The van der Waals surface area contributed by atoms with Gasteiger partial charge >= 0.3 is 5.97 Å². The van der Waals surface area contributed by atoms with Crippen LogP contribution in [0.3, 0.4) is 0 Å². The van der Waals surface area contributed by atoms with Crippen LogP contribution in [0.15, 0.2) is 27.9 Å². The summed E-state index contributed by atoms with van der Waals surface area (Å²) in [5, 5.41) is 9.19. The number of pyridine rings is 1. The number of nitrogens with zero attached hydrogens (tertiary/aromatic N) is 2. The van der Waals surface area contributed by atoms with Crippen LogP contribution in [0.4, 0.5) is 0 Å². The van der Waals surface area contributed by atoms with Crippen molar-refractivity contribution in [3.8, 4) is 23.1 Å². The molecule has 168 valence electrons. The highest BCUT2D eigenvalue weighted by Crippen LogP contribution is 2.52. The molecule has 1 aromatic heterocycles. The van der Waals surface area contributed by atoms with Crippen LogP contribution in [0.5, 0.6) is 5.75 Å². The van der Waals surface area contributed by atoms with E-state index in [0.29, 0.717) is 30.2 Å². The van der Waals surface area contributed by atoms with Gasteiger partial charge in [0.15, 0.2) is 0 Å². The van der Waals surface area contributed by atoms with E-state index in [1.54, 1.807) is 36.2 Å². The van der Waals surface area contributed by atoms with Crippen molar-refractivity contribution in [3.05, 3.63) is 44.7 Å². The van der Waals surface area contributed by atoms with Crippen molar-refractivity contribution in [3.63, 3.8) is 0 Å². The molecule has 1 fully saturated rings. The lowest BCUT2D eigenvalue weighted by molar-refractivity contribution is 0.0375. The average Bonchev–Trinajstić information content (AvgIpc) is 3.56. The molecule has 2 heterocycles. The summed E-state index contributed by atoms with van der Waals surface area (Å²) in [7, 11) is 0. The quantitative estimate of drug-likeness (QED) is 0.367. The van der Waals surface area contributed by atoms with Crippen LogP contribution in [0, 0.1) is 11.3 Å². The van der Waals surface area contributed by atoms with Gasteiger partial charge in [-0.15, -0.1) is 11.8 Å². The summed E-state index contributed by atoms with van der Waals surface area (Å²) in [5.41, 5.74) is 2.42. The van der Waals surface area contributed by atoms with E-state index in [0.717, 1.165) is 34.6 Å². The lowest BCUT2D eigenvalue weighted by atomic mass is 9.99. The third-order valence-corrected chi connectivity index (χ3v) is 6.95. The van der Waals surface area contributed by atoms with E-state index >= 15 is 0 Å². The van der Waals surface area contributed by atoms with Gasteiger partial charge < -0.3 is 14.0 Å². The highest BCUT2D eigenvalue weighted by Gasteiger charge is 2.35. The number of esters is 1. The number of halogens is 1. The minimum absolute atomic E-state index is 0.0290. The fraction of sp³-hybridized carbons (Fsp3) is 0.458. The lowest BCUT2D eigenvalue weighted by Crippen LogP contribution is -2.31. The summed E-state index contributed by atoms with van der Waals surface area (Å²) in [6.45, 7) is 6.02. The Labute approximate surface area is 196 Å². The minimum Gasteiger partial charge on any atom is -0.492 e. The molecule has 6 nitrogen and oxygen atoms in total. The van der Waals surface area contributed by atoms with Crippen molar-refractivity contribution in [1.29, 1.82) is 5.26 Å². The van der Waals surface area contributed by atoms with Gasteiger partial charge in [-0.3, -0.25) is 4.79 Å². The first-order valence-corrected chi connectivity index (χ1v) is 12.1. The van der Waals surface area contributed by atoms with Crippen molar-refractivity contribution in [2.45, 2.75) is 68.7 Å². The Kier molecular flexibility index (Phi) is 6.55. The molecule has 2 aromatic rings. The number of carbonyl (C=O) groups is 1. The zero-order valence-corrected chi connectivity index (χ0v) is 19.9. The Morgan fingerprint density at radius 1 is 1.34 bits per heavy atom. The van der Waals surface area contributed by atoms with E-state index in [4.69, 9.17) is 26.3 Å². The molecule has 4 rings (SSSR count). The Hall–Kier alpha value is -2.43. The van der Waals surface area contributed by atoms with E-state index in [1.165, 1.54) is 0 Å². The lowest BCUT2D eigenvalue weighted by Gasteiger charge is -2.29. The summed E-state index contributed by atoms with van der Waals surface area (Å²) in [4.78, 5) is 27.0. The Morgan fingerprint density at radius 2 is 2.09 bits per heavy atom. The smallest absolute Gasteiger partial charge is 0.344 e. The average molecular weight is 473 g/mol. The summed E-state index contributed by atoms with van der Waals surface area (Å²) >= 11 is 8.19. The summed E-state index contributed by atoms with van der Waals surface area (Å²) in [6.07, 6.45) is 2.56. The molecule has 1 aliphatic heterocycles. The second-order valence-electron chi connectivity index (χ2n) is 8.37. The number of benzene rings is 1. The molecule has 0 bridgehead atoms. The minimum atomic E-state index is -0.579. The van der Waals surface area contributed by atoms with E-state index in [1.807, 2.05) is 12.1 Å². The Morgan fingerprint density at radius 3 is 2.75 bits per heavy atom. The first-order chi connectivity index (χ1) is 15.3. The molecule has 32 heavy (non-hydrogen) atoms. The zero-order valence-electron chi connectivity index (χ0n) is 18.3. The van der Waals surface area contributed by atoms with Crippen LogP contribution in [0.25, 0.3) is 11.3 Å². The first-order valence-electron chi connectivity index (χ1n) is 10.8. The molecule has 0 N–H and O–H groups in total. The molecule has 1 aromatic carbocycles. The molecule has 1 saturated carbocycles.